The Balaban J connectivity index is 1.54. The molecule has 2 aromatic carbocycles. The van der Waals surface area contributed by atoms with E-state index in [0.29, 0.717) is 19.7 Å². The molecule has 0 spiro atoms. The molecule has 1 N–H and O–H groups in total. The summed E-state index contributed by atoms with van der Waals surface area (Å²) in [7, 11) is 0. The van der Waals surface area contributed by atoms with Crippen molar-refractivity contribution in [3.8, 4) is 5.75 Å². The Morgan fingerprint density at radius 1 is 1.00 bits per heavy atom. The first-order chi connectivity index (χ1) is 15.6. The number of aryl methyl sites for hydroxylation is 1. The number of para-hydroxylation sites is 1. The molecule has 5 heteroatoms. The fraction of sp³-hybridized carbons (Fsp3) is 0.519. The van der Waals surface area contributed by atoms with E-state index in [0.717, 1.165) is 68.6 Å². The van der Waals surface area contributed by atoms with Gasteiger partial charge in [-0.15, -0.1) is 0 Å². The lowest BCUT2D eigenvalue weighted by molar-refractivity contribution is 0.0319. The van der Waals surface area contributed by atoms with E-state index in [9.17, 15) is 9.90 Å². The number of aliphatic hydroxyl groups is 1. The molecule has 0 radical (unpaired) electrons. The van der Waals surface area contributed by atoms with Crippen LogP contribution < -0.4 is 4.74 Å². The Kier molecular flexibility index (Phi) is 7.48. The molecule has 5 rings (SSSR count). The monoisotopic (exact) mass is 436 g/mol. The zero-order valence-corrected chi connectivity index (χ0v) is 19.3. The van der Waals surface area contributed by atoms with Gasteiger partial charge in [-0.25, -0.2) is 0 Å². The molecule has 0 aromatic heterocycles. The second-order valence-corrected chi connectivity index (χ2v) is 9.51. The third-order valence-corrected chi connectivity index (χ3v) is 7.17. The molecule has 3 heterocycles. The zero-order chi connectivity index (χ0) is 22.4. The first-order valence-corrected chi connectivity index (χ1v) is 12.0. The summed E-state index contributed by atoms with van der Waals surface area (Å²) in [6, 6.07) is 16.1. The van der Waals surface area contributed by atoms with E-state index in [1.165, 1.54) is 5.56 Å². The van der Waals surface area contributed by atoms with Gasteiger partial charge in [0.2, 0.25) is 0 Å². The first-order valence-electron chi connectivity index (χ1n) is 12.0. The Hall–Kier alpha value is -2.37. The molecule has 2 bridgehead atoms. The maximum absolute atomic E-state index is 13.3. The van der Waals surface area contributed by atoms with Crippen molar-refractivity contribution < 1.29 is 14.6 Å². The first kappa shape index (κ1) is 22.8. The average molecular weight is 437 g/mol. The number of fused-ring (bicyclic) bond motifs is 9. The topological polar surface area (TPSA) is 53.0 Å². The number of ether oxygens (including phenoxy) is 1. The summed E-state index contributed by atoms with van der Waals surface area (Å²) in [6.07, 6.45) is 5.05. The molecule has 0 unspecified atom stereocenters. The third kappa shape index (κ3) is 5.51. The van der Waals surface area contributed by atoms with Gasteiger partial charge in [0.05, 0.1) is 6.54 Å². The van der Waals surface area contributed by atoms with Crippen molar-refractivity contribution in [3.63, 3.8) is 0 Å². The van der Waals surface area contributed by atoms with Crippen LogP contribution in [0.1, 0.15) is 53.6 Å². The molecule has 0 atom stereocenters. The Morgan fingerprint density at radius 3 is 2.59 bits per heavy atom. The highest BCUT2D eigenvalue weighted by molar-refractivity contribution is 5.94. The summed E-state index contributed by atoms with van der Waals surface area (Å²) in [6.45, 7) is 6.91. The minimum Gasteiger partial charge on any atom is -0.491 e. The third-order valence-electron chi connectivity index (χ3n) is 7.17. The van der Waals surface area contributed by atoms with Crippen LogP contribution in [0.15, 0.2) is 48.5 Å². The fourth-order valence-electron chi connectivity index (χ4n) is 5.03. The Morgan fingerprint density at radius 2 is 1.81 bits per heavy atom. The second kappa shape index (κ2) is 10.5. The number of aliphatic hydroxyl groups excluding tert-OH is 1. The van der Waals surface area contributed by atoms with Crippen LogP contribution in [0.2, 0.25) is 0 Å². The van der Waals surface area contributed by atoms with Gasteiger partial charge in [-0.2, -0.15) is 0 Å². The maximum Gasteiger partial charge on any atom is 0.253 e. The molecule has 2 aromatic rings. The van der Waals surface area contributed by atoms with E-state index in [4.69, 9.17) is 4.74 Å². The lowest BCUT2D eigenvalue weighted by Gasteiger charge is -2.41. The fourth-order valence-corrected chi connectivity index (χ4v) is 5.03. The standard InChI is InChI=1S/C27H36N2O3/c1-22-7-6-9-23(19-22)26(31)29-14-5-4-11-27(21-30)12-15-28(16-13-27)20-24-8-2-3-10-25(24)32-18-17-29/h2-3,6-10,19,30H,4-5,11-18,20-21H2,1H3. The Labute approximate surface area is 192 Å². The Bertz CT molecular complexity index is 905. The van der Waals surface area contributed by atoms with Gasteiger partial charge < -0.3 is 14.7 Å². The van der Waals surface area contributed by atoms with Gasteiger partial charge in [-0.05, 0) is 69.3 Å². The van der Waals surface area contributed by atoms with Crippen LogP contribution in [-0.4, -0.2) is 60.2 Å². The highest BCUT2D eigenvalue weighted by Gasteiger charge is 2.34. The molecule has 3 aliphatic rings. The number of piperidine rings is 1. The van der Waals surface area contributed by atoms with Crippen molar-refractivity contribution in [2.24, 2.45) is 5.41 Å². The van der Waals surface area contributed by atoms with E-state index in [1.54, 1.807) is 0 Å². The molecular weight excluding hydrogens is 400 g/mol. The molecule has 5 nitrogen and oxygen atoms in total. The molecule has 1 amide bonds. The number of amides is 1. The minimum absolute atomic E-state index is 0.0259. The van der Waals surface area contributed by atoms with Crippen LogP contribution in [0.25, 0.3) is 0 Å². The van der Waals surface area contributed by atoms with Crippen molar-refractivity contribution in [2.75, 3.05) is 39.4 Å². The highest BCUT2D eigenvalue weighted by atomic mass is 16.5. The highest BCUT2D eigenvalue weighted by Crippen LogP contribution is 2.37. The van der Waals surface area contributed by atoms with E-state index in [1.807, 2.05) is 48.2 Å². The maximum atomic E-state index is 13.3. The SMILES string of the molecule is Cc1cccc(C(=O)N2CCCCC3(CO)CCN(CC3)Cc3ccccc3OCC2)c1. The molecule has 3 aliphatic heterocycles. The van der Waals surface area contributed by atoms with E-state index >= 15 is 0 Å². The minimum atomic E-state index is 0.0259. The molecule has 0 saturated carbocycles. The number of benzene rings is 2. The van der Waals surface area contributed by atoms with Gasteiger partial charge >= 0.3 is 0 Å². The van der Waals surface area contributed by atoms with Crippen molar-refractivity contribution in [1.82, 2.24) is 9.80 Å². The summed E-state index contributed by atoms with van der Waals surface area (Å²) in [5.41, 5.74) is 3.05. The largest absolute Gasteiger partial charge is 0.491 e. The average Bonchev–Trinajstić information content (AvgIpc) is 2.83. The molecule has 172 valence electrons. The van der Waals surface area contributed by atoms with Gasteiger partial charge in [0.15, 0.2) is 0 Å². The van der Waals surface area contributed by atoms with Crippen LogP contribution in [0.5, 0.6) is 5.75 Å². The van der Waals surface area contributed by atoms with E-state index in [-0.39, 0.29) is 17.9 Å². The van der Waals surface area contributed by atoms with Crippen molar-refractivity contribution in [3.05, 3.63) is 65.2 Å². The summed E-state index contributed by atoms with van der Waals surface area (Å²) in [4.78, 5) is 17.7. The second-order valence-electron chi connectivity index (χ2n) is 9.51. The van der Waals surface area contributed by atoms with Crippen LogP contribution in [0.3, 0.4) is 0 Å². The van der Waals surface area contributed by atoms with E-state index < -0.39 is 0 Å². The summed E-state index contributed by atoms with van der Waals surface area (Å²) in [5, 5.41) is 10.2. The quantitative estimate of drug-likeness (QED) is 0.764. The van der Waals surface area contributed by atoms with Crippen molar-refractivity contribution in [1.29, 1.82) is 0 Å². The predicted octanol–water partition coefficient (Wildman–Crippen LogP) is 4.27. The van der Waals surface area contributed by atoms with Crippen molar-refractivity contribution in [2.45, 2.75) is 45.6 Å². The van der Waals surface area contributed by atoms with Gasteiger partial charge in [0.25, 0.3) is 5.91 Å². The lowest BCUT2D eigenvalue weighted by atomic mass is 9.75. The van der Waals surface area contributed by atoms with Crippen LogP contribution >= 0.6 is 0 Å². The lowest BCUT2D eigenvalue weighted by Crippen LogP contribution is -2.41. The zero-order valence-electron chi connectivity index (χ0n) is 19.3. The summed E-state index contributed by atoms with van der Waals surface area (Å²) >= 11 is 0. The molecule has 1 fully saturated rings. The molecule has 32 heavy (non-hydrogen) atoms. The molecular formula is C27H36N2O3. The normalized spacial score (nSPS) is 24.7. The predicted molar refractivity (Wildman–Crippen MR) is 127 cm³/mol. The number of carbonyl (C=O) groups excluding carboxylic acids is 1. The molecule has 1 saturated heterocycles. The van der Waals surface area contributed by atoms with Crippen LogP contribution in [0, 0.1) is 12.3 Å². The number of hydrogen-bond acceptors (Lipinski definition) is 4. The van der Waals surface area contributed by atoms with Crippen LogP contribution in [0.4, 0.5) is 0 Å². The van der Waals surface area contributed by atoms with E-state index in [2.05, 4.69) is 17.0 Å². The number of nitrogens with zero attached hydrogens (tertiary/aromatic N) is 2. The summed E-state index contributed by atoms with van der Waals surface area (Å²) in [5.74, 6) is 0.975. The molecule has 0 aliphatic carbocycles. The van der Waals surface area contributed by atoms with Crippen LogP contribution in [-0.2, 0) is 6.54 Å². The summed E-state index contributed by atoms with van der Waals surface area (Å²) < 4.78 is 6.19. The number of carbonyl (C=O) groups is 1. The number of hydrogen-bond donors (Lipinski definition) is 1. The van der Waals surface area contributed by atoms with Gasteiger partial charge in [0.1, 0.15) is 12.4 Å². The van der Waals surface area contributed by atoms with Gasteiger partial charge in [0, 0.05) is 30.8 Å². The smallest absolute Gasteiger partial charge is 0.253 e. The van der Waals surface area contributed by atoms with Gasteiger partial charge in [-0.1, -0.05) is 42.3 Å². The number of rotatable bonds is 2. The van der Waals surface area contributed by atoms with Crippen molar-refractivity contribution >= 4 is 5.91 Å². The van der Waals surface area contributed by atoms with Gasteiger partial charge in [-0.3, -0.25) is 9.69 Å².